The highest BCUT2D eigenvalue weighted by molar-refractivity contribution is 5.79. The monoisotopic (exact) mass is 318 g/mol. The molecule has 2 saturated carbocycles. The molecule has 1 amide bonds. The summed E-state index contributed by atoms with van der Waals surface area (Å²) >= 11 is 0. The quantitative estimate of drug-likeness (QED) is 0.852. The van der Waals surface area contributed by atoms with Crippen LogP contribution in [0.1, 0.15) is 69.1 Å². The molecule has 0 spiro atoms. The highest BCUT2D eigenvalue weighted by Gasteiger charge is 2.33. The Kier molecular flexibility index (Phi) is 4.09. The Morgan fingerprint density at radius 2 is 1.83 bits per heavy atom. The second-order valence-corrected chi connectivity index (χ2v) is 7.28. The molecule has 126 valence electrons. The third-order valence-electron chi connectivity index (χ3n) is 5.64. The molecule has 1 aromatic rings. The normalized spacial score (nSPS) is 25.0. The molecule has 0 unspecified atom stereocenters. The van der Waals surface area contributed by atoms with Crippen LogP contribution in [-0.4, -0.2) is 52.0 Å². The summed E-state index contributed by atoms with van der Waals surface area (Å²) in [6.45, 7) is 5.55. The van der Waals surface area contributed by atoms with Crippen molar-refractivity contribution < 1.29 is 9.32 Å². The predicted octanol–water partition coefficient (Wildman–Crippen LogP) is 2.34. The summed E-state index contributed by atoms with van der Waals surface area (Å²) in [4.78, 5) is 21.5. The van der Waals surface area contributed by atoms with Crippen LogP contribution < -0.4 is 0 Å². The molecule has 3 aliphatic rings. The van der Waals surface area contributed by atoms with Crippen molar-refractivity contribution in [3.05, 3.63) is 11.7 Å². The van der Waals surface area contributed by atoms with Crippen LogP contribution in [0.15, 0.2) is 4.52 Å². The van der Waals surface area contributed by atoms with Crippen LogP contribution in [0, 0.1) is 5.92 Å². The number of nitrogens with zero attached hydrogens (tertiary/aromatic N) is 4. The van der Waals surface area contributed by atoms with E-state index in [9.17, 15) is 4.79 Å². The molecule has 1 aromatic heterocycles. The zero-order valence-electron chi connectivity index (χ0n) is 13.9. The molecule has 0 radical (unpaired) electrons. The summed E-state index contributed by atoms with van der Waals surface area (Å²) in [5.41, 5.74) is 0. The fraction of sp³-hybridized carbons (Fsp3) is 0.824. The Morgan fingerprint density at radius 1 is 1.13 bits per heavy atom. The molecule has 4 rings (SSSR count). The highest BCUT2D eigenvalue weighted by Crippen LogP contribution is 2.38. The van der Waals surface area contributed by atoms with Crippen LogP contribution in [0.2, 0.25) is 0 Å². The molecule has 0 bridgehead atoms. The summed E-state index contributed by atoms with van der Waals surface area (Å²) in [5.74, 6) is 2.80. The van der Waals surface area contributed by atoms with Gasteiger partial charge in [0.15, 0.2) is 5.82 Å². The molecule has 6 heteroatoms. The average Bonchev–Trinajstić information content (AvgIpc) is 3.10. The van der Waals surface area contributed by atoms with E-state index in [1.54, 1.807) is 0 Å². The van der Waals surface area contributed by atoms with E-state index in [1.807, 2.05) is 0 Å². The van der Waals surface area contributed by atoms with Crippen molar-refractivity contribution in [1.29, 1.82) is 0 Å². The summed E-state index contributed by atoms with van der Waals surface area (Å²) in [6.07, 6.45) is 6.98. The number of piperazine rings is 1. The number of carbonyl (C=O) groups excluding carboxylic acids is 1. The summed E-state index contributed by atoms with van der Waals surface area (Å²) < 4.78 is 5.45. The standard InChI is InChI=1S/C17H26N4O2/c1-12(16-18-15(19-23-16)13-6-7-13)20-8-10-21(11-9-20)17(22)14-4-2-3-5-14/h12-14H,2-11H2,1H3/t12-/m0/s1. The zero-order valence-corrected chi connectivity index (χ0v) is 13.9. The van der Waals surface area contributed by atoms with Crippen LogP contribution in [0.3, 0.4) is 0 Å². The molecule has 1 atom stereocenters. The summed E-state index contributed by atoms with van der Waals surface area (Å²) in [6, 6.07) is 0.138. The first-order valence-corrected chi connectivity index (χ1v) is 9.08. The minimum atomic E-state index is 0.138. The largest absolute Gasteiger partial charge is 0.340 e. The van der Waals surface area contributed by atoms with E-state index >= 15 is 0 Å². The molecular weight excluding hydrogens is 292 g/mol. The minimum absolute atomic E-state index is 0.138. The van der Waals surface area contributed by atoms with Crippen molar-refractivity contribution in [2.45, 2.75) is 57.4 Å². The molecule has 3 fully saturated rings. The molecule has 1 saturated heterocycles. The Hall–Kier alpha value is -1.43. The van der Waals surface area contributed by atoms with Gasteiger partial charge in [0.2, 0.25) is 11.8 Å². The Labute approximate surface area is 137 Å². The Bertz CT molecular complexity index is 555. The lowest BCUT2D eigenvalue weighted by Gasteiger charge is -2.37. The van der Waals surface area contributed by atoms with Crippen LogP contribution in [0.25, 0.3) is 0 Å². The highest BCUT2D eigenvalue weighted by atomic mass is 16.5. The number of carbonyl (C=O) groups is 1. The molecule has 0 N–H and O–H groups in total. The van der Waals surface area contributed by atoms with E-state index in [2.05, 4.69) is 26.9 Å². The lowest BCUT2D eigenvalue weighted by molar-refractivity contribution is -0.137. The van der Waals surface area contributed by atoms with Gasteiger partial charge in [-0.15, -0.1) is 0 Å². The van der Waals surface area contributed by atoms with Gasteiger partial charge in [-0.25, -0.2) is 0 Å². The van der Waals surface area contributed by atoms with Crippen molar-refractivity contribution in [2.24, 2.45) is 5.92 Å². The van der Waals surface area contributed by atoms with Gasteiger partial charge in [-0.2, -0.15) is 4.98 Å². The van der Waals surface area contributed by atoms with Crippen LogP contribution >= 0.6 is 0 Å². The molecule has 6 nitrogen and oxygen atoms in total. The van der Waals surface area contributed by atoms with Crippen molar-refractivity contribution in [1.82, 2.24) is 19.9 Å². The number of aromatic nitrogens is 2. The van der Waals surface area contributed by atoms with Gasteiger partial charge >= 0.3 is 0 Å². The molecule has 0 aromatic carbocycles. The van der Waals surface area contributed by atoms with Gasteiger partial charge < -0.3 is 9.42 Å². The van der Waals surface area contributed by atoms with Gasteiger partial charge in [-0.05, 0) is 32.6 Å². The fourth-order valence-electron chi connectivity index (χ4n) is 3.84. The molecule has 1 aliphatic heterocycles. The minimum Gasteiger partial charge on any atom is -0.340 e. The maximum absolute atomic E-state index is 12.5. The first kappa shape index (κ1) is 15.1. The van der Waals surface area contributed by atoms with Gasteiger partial charge in [-0.1, -0.05) is 18.0 Å². The SMILES string of the molecule is C[C@@H](c1nc(C2CC2)no1)N1CCN(C(=O)C2CCCC2)CC1. The second kappa shape index (κ2) is 6.23. The maximum atomic E-state index is 12.5. The third-order valence-corrected chi connectivity index (χ3v) is 5.64. The lowest BCUT2D eigenvalue weighted by atomic mass is 10.1. The van der Waals surface area contributed by atoms with Gasteiger partial charge in [-0.3, -0.25) is 9.69 Å². The smallest absolute Gasteiger partial charge is 0.243 e. The topological polar surface area (TPSA) is 62.5 Å². The first-order valence-electron chi connectivity index (χ1n) is 9.08. The van der Waals surface area contributed by atoms with Crippen LogP contribution in [0.5, 0.6) is 0 Å². The maximum Gasteiger partial charge on any atom is 0.243 e. The molecule has 2 aliphatic carbocycles. The van der Waals surface area contributed by atoms with E-state index in [0.717, 1.165) is 50.7 Å². The van der Waals surface area contributed by atoms with Crippen molar-refractivity contribution in [3.8, 4) is 0 Å². The second-order valence-electron chi connectivity index (χ2n) is 7.28. The molecule has 23 heavy (non-hydrogen) atoms. The first-order chi connectivity index (χ1) is 11.2. The van der Waals surface area contributed by atoms with Crippen molar-refractivity contribution in [3.63, 3.8) is 0 Å². The average molecular weight is 318 g/mol. The number of hydrogen-bond donors (Lipinski definition) is 0. The van der Waals surface area contributed by atoms with Crippen LogP contribution in [-0.2, 0) is 4.79 Å². The van der Waals surface area contributed by atoms with Gasteiger partial charge in [0, 0.05) is 38.0 Å². The summed E-state index contributed by atoms with van der Waals surface area (Å²) in [7, 11) is 0. The van der Waals surface area contributed by atoms with E-state index in [1.165, 1.54) is 25.7 Å². The predicted molar refractivity (Wildman–Crippen MR) is 84.8 cm³/mol. The Balaban J connectivity index is 1.32. The molecular formula is C17H26N4O2. The third kappa shape index (κ3) is 3.13. The van der Waals surface area contributed by atoms with Gasteiger partial charge in [0.05, 0.1) is 6.04 Å². The lowest BCUT2D eigenvalue weighted by Crippen LogP contribution is -2.50. The van der Waals surface area contributed by atoms with E-state index < -0.39 is 0 Å². The summed E-state index contributed by atoms with van der Waals surface area (Å²) in [5, 5.41) is 4.11. The van der Waals surface area contributed by atoms with Crippen molar-refractivity contribution in [2.75, 3.05) is 26.2 Å². The van der Waals surface area contributed by atoms with E-state index in [4.69, 9.17) is 4.52 Å². The van der Waals surface area contributed by atoms with Crippen LogP contribution in [0.4, 0.5) is 0 Å². The number of rotatable bonds is 4. The fourth-order valence-corrected chi connectivity index (χ4v) is 3.84. The number of hydrogen-bond acceptors (Lipinski definition) is 5. The molecule has 2 heterocycles. The van der Waals surface area contributed by atoms with E-state index in [-0.39, 0.29) is 12.0 Å². The van der Waals surface area contributed by atoms with Crippen molar-refractivity contribution >= 4 is 5.91 Å². The van der Waals surface area contributed by atoms with E-state index in [0.29, 0.717) is 11.8 Å². The number of amides is 1. The van der Waals surface area contributed by atoms with Gasteiger partial charge in [0.1, 0.15) is 0 Å². The van der Waals surface area contributed by atoms with Gasteiger partial charge in [0.25, 0.3) is 0 Å². The zero-order chi connectivity index (χ0) is 15.8. The Morgan fingerprint density at radius 3 is 2.48 bits per heavy atom.